The minimum atomic E-state index is -0.456. The van der Waals surface area contributed by atoms with Gasteiger partial charge in [0.2, 0.25) is 0 Å². The molecule has 0 saturated carbocycles. The Kier molecular flexibility index (Phi) is 11.9. The molecule has 1 amide bonds. The lowest BCUT2D eigenvalue weighted by atomic mass is 10.1. The molecule has 0 aliphatic rings. The summed E-state index contributed by atoms with van der Waals surface area (Å²) in [6, 6.07) is 14.8. The van der Waals surface area contributed by atoms with E-state index < -0.39 is 6.09 Å². The number of rotatable bonds is 14. The van der Waals surface area contributed by atoms with Crippen LogP contribution < -0.4 is 10.1 Å². The van der Waals surface area contributed by atoms with Crippen molar-refractivity contribution >= 4 is 23.2 Å². The van der Waals surface area contributed by atoms with E-state index in [9.17, 15) is 4.79 Å². The van der Waals surface area contributed by atoms with E-state index in [0.29, 0.717) is 11.4 Å². The van der Waals surface area contributed by atoms with E-state index >= 15 is 0 Å². The van der Waals surface area contributed by atoms with Crippen LogP contribution in [-0.2, 0) is 4.74 Å². The fourth-order valence-corrected chi connectivity index (χ4v) is 3.00. The fourth-order valence-electron chi connectivity index (χ4n) is 3.00. The summed E-state index contributed by atoms with van der Waals surface area (Å²) in [6.45, 7) is 6.82. The summed E-state index contributed by atoms with van der Waals surface area (Å²) in [6.07, 6.45) is 9.14. The van der Waals surface area contributed by atoms with E-state index in [2.05, 4.69) is 22.5 Å². The van der Waals surface area contributed by atoms with Gasteiger partial charge in [0.15, 0.2) is 0 Å². The van der Waals surface area contributed by atoms with E-state index in [1.807, 2.05) is 38.1 Å². The first-order chi connectivity index (χ1) is 15.6. The molecule has 0 fully saturated rings. The first kappa shape index (κ1) is 25.4. The van der Waals surface area contributed by atoms with Crippen LogP contribution in [0.2, 0.25) is 0 Å². The van der Waals surface area contributed by atoms with Gasteiger partial charge in [-0.05, 0) is 68.3 Å². The second-order valence-electron chi connectivity index (χ2n) is 7.96. The maximum Gasteiger partial charge on any atom is 0.411 e. The third kappa shape index (κ3) is 10.4. The highest BCUT2D eigenvalue weighted by atomic mass is 16.6. The van der Waals surface area contributed by atoms with Gasteiger partial charge in [0, 0.05) is 5.69 Å². The van der Waals surface area contributed by atoms with Gasteiger partial charge in [0.05, 0.1) is 18.0 Å². The number of unbranched alkanes of at least 4 members (excludes halogenated alkanes) is 6. The lowest BCUT2D eigenvalue weighted by Crippen LogP contribution is -2.19. The second kappa shape index (κ2) is 15.0. The highest BCUT2D eigenvalue weighted by Gasteiger charge is 2.07. The molecule has 0 aromatic heterocycles. The lowest BCUT2D eigenvalue weighted by molar-refractivity contribution is 0.118. The van der Waals surface area contributed by atoms with Crippen LogP contribution in [-0.4, -0.2) is 18.8 Å². The van der Waals surface area contributed by atoms with Gasteiger partial charge in [0.25, 0.3) is 0 Å². The van der Waals surface area contributed by atoms with Crippen molar-refractivity contribution in [2.75, 3.05) is 11.9 Å². The number of anilines is 1. The Balaban J connectivity index is 1.71. The second-order valence-corrected chi connectivity index (χ2v) is 7.96. The number of carbonyl (C=O) groups is 1. The molecule has 0 unspecified atom stereocenters. The first-order valence-corrected chi connectivity index (χ1v) is 11.8. The minimum absolute atomic E-state index is 0.111. The van der Waals surface area contributed by atoms with E-state index in [1.54, 1.807) is 24.3 Å². The zero-order valence-corrected chi connectivity index (χ0v) is 19.7. The van der Waals surface area contributed by atoms with E-state index in [1.165, 1.54) is 38.5 Å². The Hall–Kier alpha value is -2.89. The summed E-state index contributed by atoms with van der Waals surface area (Å²) in [5, 5.41) is 11.2. The minimum Gasteiger partial charge on any atom is -0.494 e. The van der Waals surface area contributed by atoms with E-state index in [-0.39, 0.29) is 6.10 Å². The molecule has 174 valence electrons. The van der Waals surface area contributed by atoms with Crippen molar-refractivity contribution < 1.29 is 14.3 Å². The number of carbonyl (C=O) groups excluding carboxylic acids is 1. The molecule has 0 aliphatic carbocycles. The van der Waals surface area contributed by atoms with Crippen molar-refractivity contribution in [2.24, 2.45) is 10.2 Å². The maximum atomic E-state index is 11.8. The van der Waals surface area contributed by atoms with Gasteiger partial charge in [-0.2, -0.15) is 10.2 Å². The molecule has 0 saturated heterocycles. The molecule has 2 rings (SSSR count). The largest absolute Gasteiger partial charge is 0.494 e. The summed E-state index contributed by atoms with van der Waals surface area (Å²) < 4.78 is 11.0. The Morgan fingerprint density at radius 3 is 2.00 bits per heavy atom. The van der Waals surface area contributed by atoms with Gasteiger partial charge in [0.1, 0.15) is 11.9 Å². The maximum absolute atomic E-state index is 11.8. The average molecular weight is 440 g/mol. The van der Waals surface area contributed by atoms with Crippen LogP contribution in [0.4, 0.5) is 21.9 Å². The molecule has 1 atom stereocenters. The molecule has 0 spiro atoms. The third-order valence-corrected chi connectivity index (χ3v) is 5.13. The smallest absolute Gasteiger partial charge is 0.411 e. The number of hydrogen-bond donors (Lipinski definition) is 1. The molecular weight excluding hydrogens is 402 g/mol. The number of nitrogens with one attached hydrogen (secondary N) is 1. The summed E-state index contributed by atoms with van der Waals surface area (Å²) in [7, 11) is 0. The number of amides is 1. The normalized spacial score (nSPS) is 12.0. The zero-order chi connectivity index (χ0) is 23.0. The van der Waals surface area contributed by atoms with Crippen LogP contribution in [0.1, 0.15) is 72.1 Å². The molecule has 2 aromatic rings. The van der Waals surface area contributed by atoms with Gasteiger partial charge in [-0.1, -0.05) is 52.4 Å². The van der Waals surface area contributed by atoms with Crippen molar-refractivity contribution in [3.8, 4) is 5.75 Å². The molecular formula is C26H37N3O3. The molecule has 0 radical (unpaired) electrons. The summed E-state index contributed by atoms with van der Waals surface area (Å²) >= 11 is 0. The number of hydrogen-bond acceptors (Lipinski definition) is 5. The number of benzene rings is 2. The average Bonchev–Trinajstić information content (AvgIpc) is 2.81. The van der Waals surface area contributed by atoms with Crippen molar-refractivity contribution in [3.63, 3.8) is 0 Å². The molecule has 0 bridgehead atoms. The number of ether oxygens (including phenoxy) is 2. The van der Waals surface area contributed by atoms with Crippen LogP contribution in [0.15, 0.2) is 58.8 Å². The first-order valence-electron chi connectivity index (χ1n) is 11.8. The summed E-state index contributed by atoms with van der Waals surface area (Å²) in [5.74, 6) is 0.856. The third-order valence-electron chi connectivity index (χ3n) is 5.13. The van der Waals surface area contributed by atoms with Crippen molar-refractivity contribution in [3.05, 3.63) is 48.5 Å². The van der Waals surface area contributed by atoms with Crippen molar-refractivity contribution in [2.45, 2.75) is 78.2 Å². The van der Waals surface area contributed by atoms with Crippen LogP contribution in [0.5, 0.6) is 5.75 Å². The predicted molar refractivity (Wildman–Crippen MR) is 130 cm³/mol. The summed E-state index contributed by atoms with van der Waals surface area (Å²) in [5.41, 5.74) is 2.11. The van der Waals surface area contributed by atoms with Crippen molar-refractivity contribution in [1.82, 2.24) is 0 Å². The molecule has 0 aliphatic heterocycles. The highest BCUT2D eigenvalue weighted by Crippen LogP contribution is 2.23. The topological polar surface area (TPSA) is 72.3 Å². The SMILES string of the molecule is CCCCCCCCCOc1ccc(N=Nc2ccc(NC(=O)O[C@@H](C)CC)cc2)cc1. The van der Waals surface area contributed by atoms with E-state index in [4.69, 9.17) is 9.47 Å². The number of azo groups is 1. The molecule has 32 heavy (non-hydrogen) atoms. The standard InChI is InChI=1S/C26H37N3O3/c1-4-6-7-8-9-10-11-20-31-25-18-16-24(17-19-25)29-28-23-14-12-22(13-15-23)27-26(30)32-21(3)5-2/h12-19,21H,4-11,20H2,1-3H3,(H,27,30)/t21-/m0/s1. The predicted octanol–water partition coefficient (Wildman–Crippen LogP) is 8.58. The quantitative estimate of drug-likeness (QED) is 0.237. The van der Waals surface area contributed by atoms with Gasteiger partial charge in [-0.25, -0.2) is 4.79 Å². The lowest BCUT2D eigenvalue weighted by Gasteiger charge is -2.11. The monoisotopic (exact) mass is 439 g/mol. The molecule has 0 heterocycles. The van der Waals surface area contributed by atoms with E-state index in [0.717, 1.165) is 30.9 Å². The van der Waals surface area contributed by atoms with Crippen molar-refractivity contribution in [1.29, 1.82) is 0 Å². The van der Waals surface area contributed by atoms with Gasteiger partial charge < -0.3 is 9.47 Å². The molecule has 6 heteroatoms. The Morgan fingerprint density at radius 2 is 1.41 bits per heavy atom. The Bertz CT molecular complexity index is 804. The highest BCUT2D eigenvalue weighted by molar-refractivity contribution is 5.84. The molecule has 1 N–H and O–H groups in total. The van der Waals surface area contributed by atoms with Crippen LogP contribution >= 0.6 is 0 Å². The Morgan fingerprint density at radius 1 is 0.844 bits per heavy atom. The van der Waals surface area contributed by atoms with Crippen LogP contribution in [0.25, 0.3) is 0 Å². The fraction of sp³-hybridized carbons (Fsp3) is 0.500. The van der Waals surface area contributed by atoms with Crippen LogP contribution in [0, 0.1) is 0 Å². The zero-order valence-electron chi connectivity index (χ0n) is 19.7. The Labute approximate surface area is 192 Å². The van der Waals surface area contributed by atoms with Gasteiger partial charge in [-0.15, -0.1) is 0 Å². The van der Waals surface area contributed by atoms with Gasteiger partial charge in [-0.3, -0.25) is 5.32 Å². The molecule has 6 nitrogen and oxygen atoms in total. The number of nitrogens with zero attached hydrogens (tertiary/aromatic N) is 2. The molecule has 2 aromatic carbocycles. The summed E-state index contributed by atoms with van der Waals surface area (Å²) in [4.78, 5) is 11.8. The van der Waals surface area contributed by atoms with Gasteiger partial charge >= 0.3 is 6.09 Å². The van der Waals surface area contributed by atoms with Crippen LogP contribution in [0.3, 0.4) is 0 Å².